The van der Waals surface area contributed by atoms with Gasteiger partial charge in [-0.2, -0.15) is 0 Å². The molecule has 1 unspecified atom stereocenters. The molecule has 0 heterocycles. The summed E-state index contributed by atoms with van der Waals surface area (Å²) in [4.78, 5) is 2.24. The lowest BCUT2D eigenvalue weighted by atomic mass is 10.1. The average molecular weight is 161 g/mol. The molecule has 0 fully saturated rings. The topological polar surface area (TPSA) is 3.24 Å². The Labute approximate surface area is 73.8 Å². The Morgan fingerprint density at radius 1 is 1.18 bits per heavy atom. The average Bonchev–Trinajstić information content (AvgIpc) is 1.83. The molecule has 0 aliphatic rings. The highest BCUT2D eigenvalue weighted by Gasteiger charge is 1.97. The minimum atomic E-state index is 0. The van der Waals surface area contributed by atoms with Gasteiger partial charge >= 0.3 is 0 Å². The highest BCUT2D eigenvalue weighted by Crippen LogP contribution is 2.05. The third-order valence-corrected chi connectivity index (χ3v) is 1.77. The second kappa shape index (κ2) is 9.96. The van der Waals surface area contributed by atoms with Crippen LogP contribution in [0.5, 0.6) is 0 Å². The van der Waals surface area contributed by atoms with Crippen molar-refractivity contribution in [1.29, 1.82) is 0 Å². The standard InChI is InChI=1S/C8H19N.2CH4/c1-5-8(2)6-7-9(3)4;;/h8H,5-7H2,1-4H3;2*1H4. The quantitative estimate of drug-likeness (QED) is 0.612. The lowest BCUT2D eigenvalue weighted by Crippen LogP contribution is -2.15. The minimum absolute atomic E-state index is 0. The molecule has 1 atom stereocenters. The smallest absolute Gasteiger partial charge is 0.00223 e. The van der Waals surface area contributed by atoms with E-state index in [2.05, 4.69) is 32.8 Å². The van der Waals surface area contributed by atoms with Gasteiger partial charge in [-0.15, -0.1) is 0 Å². The highest BCUT2D eigenvalue weighted by molar-refractivity contribution is 4.51. The van der Waals surface area contributed by atoms with Crippen LogP contribution in [0.15, 0.2) is 0 Å². The molecule has 0 amide bonds. The van der Waals surface area contributed by atoms with E-state index in [1.54, 1.807) is 0 Å². The first kappa shape index (κ1) is 17.2. The highest BCUT2D eigenvalue weighted by atomic mass is 15.0. The van der Waals surface area contributed by atoms with Crippen LogP contribution in [0, 0.1) is 5.92 Å². The molecule has 0 saturated heterocycles. The first-order valence-electron chi connectivity index (χ1n) is 3.81. The fourth-order valence-corrected chi connectivity index (χ4v) is 0.683. The van der Waals surface area contributed by atoms with Crippen LogP contribution in [0.25, 0.3) is 0 Å². The molecule has 72 valence electrons. The zero-order valence-electron chi connectivity index (χ0n) is 7.15. The molecule has 0 aliphatic carbocycles. The Kier molecular flexibility index (Phi) is 15.5. The summed E-state index contributed by atoms with van der Waals surface area (Å²) in [7, 11) is 4.25. The number of hydrogen-bond donors (Lipinski definition) is 0. The molecular weight excluding hydrogens is 134 g/mol. The van der Waals surface area contributed by atoms with E-state index in [-0.39, 0.29) is 14.9 Å². The molecule has 0 bridgehead atoms. The van der Waals surface area contributed by atoms with Gasteiger partial charge in [-0.3, -0.25) is 0 Å². The van der Waals surface area contributed by atoms with E-state index in [4.69, 9.17) is 0 Å². The minimum Gasteiger partial charge on any atom is -0.309 e. The van der Waals surface area contributed by atoms with Crippen molar-refractivity contribution in [2.75, 3.05) is 20.6 Å². The van der Waals surface area contributed by atoms with E-state index in [0.717, 1.165) is 5.92 Å². The lowest BCUT2D eigenvalue weighted by Gasteiger charge is -2.12. The van der Waals surface area contributed by atoms with Gasteiger partial charge in [0.1, 0.15) is 0 Å². The Bertz CT molecular complexity index is 59.9. The van der Waals surface area contributed by atoms with Crippen LogP contribution in [0.3, 0.4) is 0 Å². The van der Waals surface area contributed by atoms with Crippen molar-refractivity contribution >= 4 is 0 Å². The van der Waals surface area contributed by atoms with E-state index in [1.807, 2.05) is 0 Å². The van der Waals surface area contributed by atoms with Crippen molar-refractivity contribution in [3.63, 3.8) is 0 Å². The van der Waals surface area contributed by atoms with Gasteiger partial charge in [0.2, 0.25) is 0 Å². The van der Waals surface area contributed by atoms with Crippen molar-refractivity contribution in [2.24, 2.45) is 5.92 Å². The van der Waals surface area contributed by atoms with Crippen molar-refractivity contribution in [3.8, 4) is 0 Å². The normalized spacial score (nSPS) is 11.7. The zero-order valence-corrected chi connectivity index (χ0v) is 7.15. The molecular formula is C10H27N. The first-order valence-corrected chi connectivity index (χ1v) is 3.81. The molecule has 0 aromatic rings. The number of nitrogens with zero attached hydrogens (tertiary/aromatic N) is 1. The molecule has 0 aromatic carbocycles. The maximum atomic E-state index is 2.31. The fraction of sp³-hybridized carbons (Fsp3) is 1.00. The van der Waals surface area contributed by atoms with Crippen LogP contribution in [0.1, 0.15) is 41.5 Å². The Hall–Kier alpha value is -0.0400. The van der Waals surface area contributed by atoms with Gasteiger partial charge in [0.25, 0.3) is 0 Å². The van der Waals surface area contributed by atoms with Gasteiger partial charge in [-0.05, 0) is 33.0 Å². The van der Waals surface area contributed by atoms with Gasteiger partial charge < -0.3 is 4.90 Å². The van der Waals surface area contributed by atoms with Crippen LogP contribution >= 0.6 is 0 Å². The van der Waals surface area contributed by atoms with Crippen LogP contribution in [0.2, 0.25) is 0 Å². The van der Waals surface area contributed by atoms with Gasteiger partial charge in [-0.1, -0.05) is 35.1 Å². The number of hydrogen-bond acceptors (Lipinski definition) is 1. The van der Waals surface area contributed by atoms with Crippen LogP contribution in [-0.2, 0) is 0 Å². The second-order valence-electron chi connectivity index (χ2n) is 3.11. The van der Waals surface area contributed by atoms with Gasteiger partial charge in [0, 0.05) is 0 Å². The summed E-state index contributed by atoms with van der Waals surface area (Å²) in [6, 6.07) is 0. The maximum Gasteiger partial charge on any atom is -0.00223 e. The summed E-state index contributed by atoms with van der Waals surface area (Å²) in [6.07, 6.45) is 2.65. The summed E-state index contributed by atoms with van der Waals surface area (Å²) in [5, 5.41) is 0. The summed E-state index contributed by atoms with van der Waals surface area (Å²) in [5.41, 5.74) is 0. The molecule has 1 nitrogen and oxygen atoms in total. The first-order chi connectivity index (χ1) is 4.16. The van der Waals surface area contributed by atoms with E-state index >= 15 is 0 Å². The molecule has 0 radical (unpaired) electrons. The molecule has 0 saturated carbocycles. The van der Waals surface area contributed by atoms with Crippen molar-refractivity contribution < 1.29 is 0 Å². The third kappa shape index (κ3) is 13.0. The fourth-order valence-electron chi connectivity index (χ4n) is 0.683. The Balaban J connectivity index is -0.000000320. The summed E-state index contributed by atoms with van der Waals surface area (Å²) in [5.74, 6) is 0.896. The molecule has 0 rings (SSSR count). The Morgan fingerprint density at radius 3 is 1.91 bits per heavy atom. The predicted octanol–water partition coefficient (Wildman–Crippen LogP) is 3.26. The molecule has 1 heteroatoms. The van der Waals surface area contributed by atoms with E-state index in [0.29, 0.717) is 0 Å². The third-order valence-electron chi connectivity index (χ3n) is 1.77. The molecule has 0 N–H and O–H groups in total. The largest absolute Gasteiger partial charge is 0.309 e. The summed E-state index contributed by atoms with van der Waals surface area (Å²) >= 11 is 0. The molecule has 11 heavy (non-hydrogen) atoms. The summed E-state index contributed by atoms with van der Waals surface area (Å²) in [6.45, 7) is 5.79. The van der Waals surface area contributed by atoms with Crippen LogP contribution in [-0.4, -0.2) is 25.5 Å². The van der Waals surface area contributed by atoms with E-state index in [1.165, 1.54) is 19.4 Å². The van der Waals surface area contributed by atoms with Crippen molar-refractivity contribution in [1.82, 2.24) is 4.90 Å². The predicted molar refractivity (Wildman–Crippen MR) is 56.1 cm³/mol. The molecule has 0 spiro atoms. The molecule has 0 aliphatic heterocycles. The van der Waals surface area contributed by atoms with Crippen molar-refractivity contribution in [3.05, 3.63) is 0 Å². The van der Waals surface area contributed by atoms with Crippen LogP contribution in [0.4, 0.5) is 0 Å². The lowest BCUT2D eigenvalue weighted by molar-refractivity contribution is 0.356. The number of rotatable bonds is 4. The van der Waals surface area contributed by atoms with Gasteiger partial charge in [0.15, 0.2) is 0 Å². The van der Waals surface area contributed by atoms with Gasteiger partial charge in [0.05, 0.1) is 0 Å². The zero-order chi connectivity index (χ0) is 7.28. The van der Waals surface area contributed by atoms with Crippen LogP contribution < -0.4 is 0 Å². The monoisotopic (exact) mass is 161 g/mol. The van der Waals surface area contributed by atoms with E-state index in [9.17, 15) is 0 Å². The summed E-state index contributed by atoms with van der Waals surface area (Å²) < 4.78 is 0. The molecule has 0 aromatic heterocycles. The van der Waals surface area contributed by atoms with Crippen molar-refractivity contribution in [2.45, 2.75) is 41.5 Å². The Morgan fingerprint density at radius 2 is 1.64 bits per heavy atom. The SMILES string of the molecule is C.C.CCC(C)CCN(C)C. The van der Waals surface area contributed by atoms with E-state index < -0.39 is 0 Å². The second-order valence-corrected chi connectivity index (χ2v) is 3.11. The van der Waals surface area contributed by atoms with Gasteiger partial charge in [-0.25, -0.2) is 0 Å². The maximum absolute atomic E-state index is 2.31.